The van der Waals surface area contributed by atoms with Gasteiger partial charge in [-0.15, -0.1) is 0 Å². The van der Waals surface area contributed by atoms with E-state index >= 15 is 0 Å². The summed E-state index contributed by atoms with van der Waals surface area (Å²) in [4.78, 5) is 0.193. The highest BCUT2D eigenvalue weighted by Crippen LogP contribution is 2.25. The van der Waals surface area contributed by atoms with E-state index in [0.717, 1.165) is 0 Å². The summed E-state index contributed by atoms with van der Waals surface area (Å²) in [6, 6.07) is 4.67. The maximum absolute atomic E-state index is 12.2. The molecular formula is C10H12Br3NO3S. The predicted molar refractivity (Wildman–Crippen MR) is 81.6 cm³/mol. The molecule has 0 fully saturated rings. The Balaban J connectivity index is 3.02. The Labute approximate surface area is 132 Å². The lowest BCUT2D eigenvalue weighted by Crippen LogP contribution is -2.39. The molecule has 0 spiro atoms. The lowest BCUT2D eigenvalue weighted by Gasteiger charge is -2.16. The highest BCUT2D eigenvalue weighted by Gasteiger charge is 2.22. The zero-order valence-electron chi connectivity index (χ0n) is 9.49. The van der Waals surface area contributed by atoms with Crippen LogP contribution in [-0.2, 0) is 14.8 Å². The number of hydrogen-bond donors (Lipinski definition) is 1. The molecule has 0 heterocycles. The summed E-state index contributed by atoms with van der Waals surface area (Å²) in [6.07, 6.45) is 0. The summed E-state index contributed by atoms with van der Waals surface area (Å²) in [6.45, 7) is 0.302. The maximum Gasteiger partial charge on any atom is 0.242 e. The fourth-order valence-electron chi connectivity index (χ4n) is 1.28. The van der Waals surface area contributed by atoms with Crippen molar-refractivity contribution in [2.45, 2.75) is 10.9 Å². The minimum atomic E-state index is -3.58. The van der Waals surface area contributed by atoms with Crippen LogP contribution in [-0.4, -0.2) is 33.5 Å². The smallest absolute Gasteiger partial charge is 0.242 e. The largest absolute Gasteiger partial charge is 0.383 e. The second-order valence-corrected chi connectivity index (χ2v) is 7.60. The van der Waals surface area contributed by atoms with Crippen LogP contribution in [0.5, 0.6) is 0 Å². The van der Waals surface area contributed by atoms with E-state index in [-0.39, 0.29) is 10.9 Å². The third-order valence-corrected chi connectivity index (χ3v) is 5.85. The summed E-state index contributed by atoms with van der Waals surface area (Å²) in [5.74, 6) is 0. The molecule has 1 atom stereocenters. The first kappa shape index (κ1) is 16.6. The van der Waals surface area contributed by atoms with E-state index in [9.17, 15) is 8.42 Å². The van der Waals surface area contributed by atoms with Gasteiger partial charge in [0.25, 0.3) is 0 Å². The van der Waals surface area contributed by atoms with Crippen LogP contribution >= 0.6 is 47.8 Å². The van der Waals surface area contributed by atoms with E-state index in [4.69, 9.17) is 4.74 Å². The van der Waals surface area contributed by atoms with E-state index in [0.29, 0.717) is 20.9 Å². The van der Waals surface area contributed by atoms with Gasteiger partial charge in [-0.3, -0.25) is 0 Å². The van der Waals surface area contributed by atoms with Crippen molar-refractivity contribution in [3.63, 3.8) is 0 Å². The Morgan fingerprint density at radius 2 is 2.06 bits per heavy atom. The molecule has 0 saturated carbocycles. The van der Waals surface area contributed by atoms with Crippen LogP contribution in [0.4, 0.5) is 0 Å². The van der Waals surface area contributed by atoms with Crippen molar-refractivity contribution >= 4 is 57.8 Å². The minimum Gasteiger partial charge on any atom is -0.383 e. The quantitative estimate of drug-likeness (QED) is 0.657. The first-order chi connectivity index (χ1) is 8.40. The normalized spacial score (nSPS) is 13.6. The molecule has 102 valence electrons. The second-order valence-electron chi connectivity index (χ2n) is 3.50. The van der Waals surface area contributed by atoms with Crippen molar-refractivity contribution in [2.24, 2.45) is 0 Å². The molecule has 0 aliphatic rings. The molecule has 0 radical (unpaired) electrons. The molecule has 1 aromatic carbocycles. The number of hydrogen-bond acceptors (Lipinski definition) is 3. The van der Waals surface area contributed by atoms with Crippen LogP contribution in [0.1, 0.15) is 0 Å². The number of sulfonamides is 1. The summed E-state index contributed by atoms with van der Waals surface area (Å²) in [5, 5.41) is 0.478. The third kappa shape index (κ3) is 4.57. The number of benzene rings is 1. The first-order valence-electron chi connectivity index (χ1n) is 4.93. The van der Waals surface area contributed by atoms with Gasteiger partial charge in [0.1, 0.15) is 0 Å². The van der Waals surface area contributed by atoms with Gasteiger partial charge >= 0.3 is 0 Å². The molecule has 1 rings (SSSR count). The van der Waals surface area contributed by atoms with Gasteiger partial charge in [-0.05, 0) is 34.1 Å². The molecule has 0 saturated heterocycles. The molecule has 0 aliphatic carbocycles. The standard InChI is InChI=1S/C10H12Br3NO3S/c1-17-6-8(5-11)14-18(15,16)10-4-7(12)2-3-9(10)13/h2-4,8,14H,5-6H2,1H3. The number of rotatable bonds is 6. The highest BCUT2D eigenvalue weighted by atomic mass is 79.9. The number of ether oxygens (including phenoxy) is 1. The number of nitrogens with one attached hydrogen (secondary N) is 1. The van der Waals surface area contributed by atoms with Crippen LogP contribution in [0.25, 0.3) is 0 Å². The fourth-order valence-corrected chi connectivity index (χ4v) is 4.56. The Morgan fingerprint density at radius 3 is 2.61 bits per heavy atom. The highest BCUT2D eigenvalue weighted by molar-refractivity contribution is 9.11. The Kier molecular flexibility index (Phi) is 6.77. The van der Waals surface area contributed by atoms with Crippen molar-refractivity contribution in [2.75, 3.05) is 19.0 Å². The van der Waals surface area contributed by atoms with E-state index in [1.54, 1.807) is 18.2 Å². The summed E-state index contributed by atoms with van der Waals surface area (Å²) in [7, 11) is -2.06. The van der Waals surface area contributed by atoms with Gasteiger partial charge in [-0.25, -0.2) is 13.1 Å². The molecule has 1 N–H and O–H groups in total. The lowest BCUT2D eigenvalue weighted by atomic mass is 10.4. The maximum atomic E-state index is 12.2. The van der Waals surface area contributed by atoms with E-state index < -0.39 is 10.0 Å². The Morgan fingerprint density at radius 1 is 1.39 bits per heavy atom. The second kappa shape index (κ2) is 7.35. The average Bonchev–Trinajstić information content (AvgIpc) is 2.31. The number of methoxy groups -OCH3 is 1. The summed E-state index contributed by atoms with van der Waals surface area (Å²) < 4.78 is 33.2. The van der Waals surface area contributed by atoms with E-state index in [2.05, 4.69) is 52.5 Å². The van der Waals surface area contributed by atoms with Gasteiger partial charge in [0, 0.05) is 21.4 Å². The topological polar surface area (TPSA) is 55.4 Å². The zero-order chi connectivity index (χ0) is 13.8. The lowest BCUT2D eigenvalue weighted by molar-refractivity contribution is 0.182. The van der Waals surface area contributed by atoms with Crippen LogP contribution in [0.2, 0.25) is 0 Å². The fraction of sp³-hybridized carbons (Fsp3) is 0.400. The molecule has 8 heteroatoms. The summed E-state index contributed by atoms with van der Waals surface area (Å²) >= 11 is 9.74. The summed E-state index contributed by atoms with van der Waals surface area (Å²) in [5.41, 5.74) is 0. The van der Waals surface area contributed by atoms with Crippen LogP contribution in [0.15, 0.2) is 32.0 Å². The molecule has 0 bridgehead atoms. The van der Waals surface area contributed by atoms with Crippen molar-refractivity contribution in [1.29, 1.82) is 0 Å². The third-order valence-electron chi connectivity index (χ3n) is 2.06. The molecule has 18 heavy (non-hydrogen) atoms. The van der Waals surface area contributed by atoms with Crippen LogP contribution in [0, 0.1) is 0 Å². The molecule has 4 nitrogen and oxygen atoms in total. The molecule has 0 aliphatic heterocycles. The van der Waals surface area contributed by atoms with Gasteiger partial charge < -0.3 is 4.74 Å². The van der Waals surface area contributed by atoms with E-state index in [1.807, 2.05) is 0 Å². The van der Waals surface area contributed by atoms with Gasteiger partial charge in [-0.2, -0.15) is 0 Å². The number of alkyl halides is 1. The van der Waals surface area contributed by atoms with Crippen molar-refractivity contribution in [3.05, 3.63) is 27.1 Å². The number of halogens is 3. The van der Waals surface area contributed by atoms with Crippen molar-refractivity contribution < 1.29 is 13.2 Å². The molecule has 1 unspecified atom stereocenters. The van der Waals surface area contributed by atoms with Crippen LogP contribution < -0.4 is 4.72 Å². The predicted octanol–water partition coefficient (Wildman–Crippen LogP) is 2.90. The SMILES string of the molecule is COCC(CBr)NS(=O)(=O)c1cc(Br)ccc1Br. The average molecular weight is 466 g/mol. The molecule has 0 amide bonds. The van der Waals surface area contributed by atoms with Gasteiger partial charge in [-0.1, -0.05) is 31.9 Å². The van der Waals surface area contributed by atoms with Crippen molar-refractivity contribution in [1.82, 2.24) is 4.72 Å². The van der Waals surface area contributed by atoms with E-state index in [1.165, 1.54) is 7.11 Å². The minimum absolute atomic E-state index is 0.193. The zero-order valence-corrected chi connectivity index (χ0v) is 15.1. The Hall–Kier alpha value is 0.530. The molecule has 1 aromatic rings. The van der Waals surface area contributed by atoms with Crippen LogP contribution in [0.3, 0.4) is 0 Å². The van der Waals surface area contributed by atoms with Gasteiger partial charge in [0.2, 0.25) is 10.0 Å². The first-order valence-corrected chi connectivity index (χ1v) is 9.12. The van der Waals surface area contributed by atoms with Gasteiger partial charge in [0.05, 0.1) is 17.5 Å². The van der Waals surface area contributed by atoms with Crippen molar-refractivity contribution in [3.8, 4) is 0 Å². The Bertz CT molecular complexity index is 507. The molecular weight excluding hydrogens is 454 g/mol. The van der Waals surface area contributed by atoms with Gasteiger partial charge in [0.15, 0.2) is 0 Å². The monoisotopic (exact) mass is 463 g/mol. The molecule has 0 aromatic heterocycles.